The molecule has 1 atom stereocenters. The Bertz CT molecular complexity index is 698. The van der Waals surface area contributed by atoms with Gasteiger partial charge in [-0.3, -0.25) is 14.9 Å². The second kappa shape index (κ2) is 7.27. The van der Waals surface area contributed by atoms with Gasteiger partial charge in [-0.1, -0.05) is 6.07 Å². The highest BCUT2D eigenvalue weighted by atomic mass is 16.3. The van der Waals surface area contributed by atoms with E-state index in [0.29, 0.717) is 18.8 Å². The first kappa shape index (κ1) is 17.3. The van der Waals surface area contributed by atoms with Crippen molar-refractivity contribution in [3.63, 3.8) is 0 Å². The molecule has 0 spiro atoms. The lowest BCUT2D eigenvalue weighted by atomic mass is 9.93. The van der Waals surface area contributed by atoms with Crippen LogP contribution in [0.25, 0.3) is 0 Å². The van der Waals surface area contributed by atoms with Gasteiger partial charge in [-0.2, -0.15) is 0 Å². The molecule has 3 aliphatic rings. The highest BCUT2D eigenvalue weighted by Gasteiger charge is 2.36. The average Bonchev–Trinajstić information content (AvgIpc) is 3.07. The van der Waals surface area contributed by atoms with E-state index in [1.165, 1.54) is 11.3 Å². The fourth-order valence-electron chi connectivity index (χ4n) is 4.69. The van der Waals surface area contributed by atoms with Crippen molar-refractivity contribution in [3.8, 4) is 0 Å². The van der Waals surface area contributed by atoms with Crippen LogP contribution in [-0.2, 0) is 16.0 Å². The monoisotopic (exact) mass is 357 g/mol. The van der Waals surface area contributed by atoms with E-state index in [0.717, 1.165) is 51.0 Å². The number of aliphatic hydroxyl groups excluding tert-OH is 1. The zero-order valence-electron chi connectivity index (χ0n) is 15.1. The molecule has 0 aliphatic carbocycles. The number of hydrogen-bond acceptors (Lipinski definition) is 5. The average molecular weight is 357 g/mol. The van der Waals surface area contributed by atoms with Crippen LogP contribution < -0.4 is 15.1 Å². The molecule has 3 heterocycles. The fraction of sp³-hybridized carbons (Fsp3) is 0.600. The molecule has 0 aromatic heterocycles. The van der Waals surface area contributed by atoms with Crippen LogP contribution in [0, 0.1) is 5.92 Å². The number of benzene rings is 1. The fourth-order valence-corrected chi connectivity index (χ4v) is 4.69. The molecule has 140 valence electrons. The summed E-state index contributed by atoms with van der Waals surface area (Å²) in [6, 6.07) is 6.14. The van der Waals surface area contributed by atoms with Crippen molar-refractivity contribution in [2.45, 2.75) is 44.6 Å². The van der Waals surface area contributed by atoms with Gasteiger partial charge in [0, 0.05) is 49.6 Å². The van der Waals surface area contributed by atoms with E-state index in [9.17, 15) is 9.59 Å². The Morgan fingerprint density at radius 3 is 2.54 bits per heavy atom. The number of anilines is 2. The van der Waals surface area contributed by atoms with Crippen molar-refractivity contribution < 1.29 is 14.7 Å². The maximum Gasteiger partial charge on any atom is 0.249 e. The van der Waals surface area contributed by atoms with E-state index in [-0.39, 0.29) is 24.5 Å². The highest BCUT2D eigenvalue weighted by Crippen LogP contribution is 2.39. The third-order valence-corrected chi connectivity index (χ3v) is 6.12. The van der Waals surface area contributed by atoms with E-state index < -0.39 is 0 Å². The van der Waals surface area contributed by atoms with Gasteiger partial charge in [-0.05, 0) is 50.2 Å². The molecule has 1 aromatic carbocycles. The Morgan fingerprint density at radius 2 is 1.81 bits per heavy atom. The number of imide groups is 1. The minimum Gasteiger partial charge on any atom is -0.396 e. The summed E-state index contributed by atoms with van der Waals surface area (Å²) in [6.07, 6.45) is 5.12. The van der Waals surface area contributed by atoms with Gasteiger partial charge in [0.1, 0.15) is 6.04 Å². The van der Waals surface area contributed by atoms with Gasteiger partial charge >= 0.3 is 0 Å². The van der Waals surface area contributed by atoms with Crippen LogP contribution in [0.4, 0.5) is 11.4 Å². The normalized spacial score (nSPS) is 24.0. The zero-order chi connectivity index (χ0) is 18.1. The number of amides is 2. The van der Waals surface area contributed by atoms with Crippen LogP contribution in [0.1, 0.15) is 37.7 Å². The van der Waals surface area contributed by atoms with Crippen LogP contribution in [-0.4, -0.2) is 49.2 Å². The summed E-state index contributed by atoms with van der Waals surface area (Å²) >= 11 is 0. The molecule has 0 radical (unpaired) electrons. The van der Waals surface area contributed by atoms with E-state index in [2.05, 4.69) is 33.3 Å². The number of hydrogen-bond donors (Lipinski definition) is 2. The molecule has 4 rings (SSSR count). The molecule has 1 aromatic rings. The van der Waals surface area contributed by atoms with E-state index >= 15 is 0 Å². The quantitative estimate of drug-likeness (QED) is 0.798. The van der Waals surface area contributed by atoms with Gasteiger partial charge in [0.15, 0.2) is 0 Å². The molecular formula is C20H27N3O3. The van der Waals surface area contributed by atoms with Crippen LogP contribution in [0.2, 0.25) is 0 Å². The SMILES string of the molecule is O=C1CC[C@@H](N2CCc3c(N4CCC(CCO)CC4)cccc32)C(=O)N1. The molecule has 26 heavy (non-hydrogen) atoms. The predicted octanol–water partition coefficient (Wildman–Crippen LogP) is 1.45. The first-order valence-electron chi connectivity index (χ1n) is 9.75. The van der Waals surface area contributed by atoms with E-state index in [1.54, 1.807) is 0 Å². The molecule has 0 unspecified atom stereocenters. The first-order valence-corrected chi connectivity index (χ1v) is 9.75. The molecule has 2 N–H and O–H groups in total. The number of carbonyl (C=O) groups excluding carboxylic acids is 2. The van der Waals surface area contributed by atoms with Gasteiger partial charge in [-0.15, -0.1) is 0 Å². The Morgan fingerprint density at radius 1 is 1.04 bits per heavy atom. The molecule has 3 aliphatic heterocycles. The summed E-state index contributed by atoms with van der Waals surface area (Å²) in [5, 5.41) is 11.6. The largest absolute Gasteiger partial charge is 0.396 e. The lowest BCUT2D eigenvalue weighted by Gasteiger charge is -2.35. The maximum absolute atomic E-state index is 12.3. The molecule has 2 amide bonds. The standard InChI is InChI=1S/C20H27N3O3/c24-13-9-14-6-10-22(11-7-14)16-2-1-3-17-15(16)8-12-23(17)18-4-5-19(25)21-20(18)26/h1-3,14,18,24H,4-13H2,(H,21,25,26)/t18-/m1/s1. The van der Waals surface area contributed by atoms with Crippen molar-refractivity contribution in [1.82, 2.24) is 5.32 Å². The highest BCUT2D eigenvalue weighted by molar-refractivity contribution is 6.02. The molecule has 2 fully saturated rings. The van der Waals surface area contributed by atoms with E-state index in [1.807, 2.05) is 0 Å². The van der Waals surface area contributed by atoms with Gasteiger partial charge in [0.25, 0.3) is 0 Å². The van der Waals surface area contributed by atoms with Gasteiger partial charge in [0.05, 0.1) is 0 Å². The summed E-state index contributed by atoms with van der Waals surface area (Å²) in [6.45, 7) is 3.17. The lowest BCUT2D eigenvalue weighted by Crippen LogP contribution is -2.52. The summed E-state index contributed by atoms with van der Waals surface area (Å²) < 4.78 is 0. The third kappa shape index (κ3) is 3.18. The number of aliphatic hydroxyl groups is 1. The topological polar surface area (TPSA) is 72.9 Å². The zero-order valence-corrected chi connectivity index (χ0v) is 15.1. The summed E-state index contributed by atoms with van der Waals surface area (Å²) in [7, 11) is 0. The lowest BCUT2D eigenvalue weighted by molar-refractivity contribution is -0.134. The summed E-state index contributed by atoms with van der Waals surface area (Å²) in [5.74, 6) is 0.308. The number of carbonyl (C=O) groups is 2. The number of rotatable bonds is 4. The van der Waals surface area contributed by atoms with Crippen molar-refractivity contribution >= 4 is 23.2 Å². The van der Waals surface area contributed by atoms with Crippen LogP contribution >= 0.6 is 0 Å². The number of fused-ring (bicyclic) bond motifs is 1. The minimum atomic E-state index is -0.237. The molecular weight excluding hydrogens is 330 g/mol. The van der Waals surface area contributed by atoms with Crippen LogP contribution in [0.15, 0.2) is 18.2 Å². The van der Waals surface area contributed by atoms with Gasteiger partial charge in [-0.25, -0.2) is 0 Å². The second-order valence-electron chi connectivity index (χ2n) is 7.63. The maximum atomic E-state index is 12.3. The Balaban J connectivity index is 1.52. The molecule has 0 saturated carbocycles. The molecule has 2 saturated heterocycles. The predicted molar refractivity (Wildman–Crippen MR) is 100 cm³/mol. The molecule has 0 bridgehead atoms. The van der Waals surface area contributed by atoms with Crippen molar-refractivity contribution in [2.75, 3.05) is 36.0 Å². The molecule has 6 nitrogen and oxygen atoms in total. The van der Waals surface area contributed by atoms with Gasteiger partial charge < -0.3 is 14.9 Å². The summed E-state index contributed by atoms with van der Waals surface area (Å²) in [5.41, 5.74) is 3.77. The Hall–Kier alpha value is -2.08. The third-order valence-electron chi connectivity index (χ3n) is 6.12. The van der Waals surface area contributed by atoms with Crippen LogP contribution in [0.3, 0.4) is 0 Å². The van der Waals surface area contributed by atoms with Crippen molar-refractivity contribution in [2.24, 2.45) is 5.92 Å². The Labute approximate surface area is 154 Å². The number of nitrogens with one attached hydrogen (secondary N) is 1. The van der Waals surface area contributed by atoms with E-state index in [4.69, 9.17) is 5.11 Å². The first-order chi connectivity index (χ1) is 12.7. The minimum absolute atomic E-state index is 0.162. The van der Waals surface area contributed by atoms with Crippen molar-refractivity contribution in [1.29, 1.82) is 0 Å². The smallest absolute Gasteiger partial charge is 0.249 e. The Kier molecular flexibility index (Phi) is 4.85. The molecule has 6 heteroatoms. The summed E-state index contributed by atoms with van der Waals surface area (Å²) in [4.78, 5) is 28.4. The number of piperidine rings is 2. The number of nitrogens with zero attached hydrogens (tertiary/aromatic N) is 2. The second-order valence-corrected chi connectivity index (χ2v) is 7.63. The van der Waals surface area contributed by atoms with Crippen molar-refractivity contribution in [3.05, 3.63) is 23.8 Å². The van der Waals surface area contributed by atoms with Crippen LogP contribution in [0.5, 0.6) is 0 Å². The van der Waals surface area contributed by atoms with Gasteiger partial charge in [0.2, 0.25) is 11.8 Å².